The summed E-state index contributed by atoms with van der Waals surface area (Å²) in [5.74, 6) is 1.67. The van der Waals surface area contributed by atoms with Crippen LogP contribution >= 0.6 is 0 Å². The molecule has 2 atom stereocenters. The molecule has 0 saturated heterocycles. The van der Waals surface area contributed by atoms with Crippen LogP contribution in [-0.2, 0) is 0 Å². The molecule has 76 valence electrons. The molecule has 1 aliphatic rings. The van der Waals surface area contributed by atoms with Gasteiger partial charge in [0.15, 0.2) is 0 Å². The highest BCUT2D eigenvalue weighted by molar-refractivity contribution is 5.10. The Labute approximate surface area is 86.6 Å². The van der Waals surface area contributed by atoms with Crippen LogP contribution in [0.25, 0.3) is 0 Å². The Morgan fingerprint density at radius 1 is 1.36 bits per heavy atom. The van der Waals surface area contributed by atoms with E-state index >= 15 is 0 Å². The Balaban J connectivity index is 2.04. The highest BCUT2D eigenvalue weighted by Gasteiger charge is 2.22. The maximum atomic E-state index is 4.47. The Kier molecular flexibility index (Phi) is 3.18. The number of pyridine rings is 1. The van der Waals surface area contributed by atoms with Gasteiger partial charge >= 0.3 is 0 Å². The summed E-state index contributed by atoms with van der Waals surface area (Å²) in [6.07, 6.45) is 8.77. The van der Waals surface area contributed by atoms with E-state index in [1.165, 1.54) is 37.8 Å². The predicted octanol–water partition coefficient (Wildman–Crippen LogP) is 3.77. The second kappa shape index (κ2) is 4.59. The van der Waals surface area contributed by atoms with Crippen molar-refractivity contribution in [3.63, 3.8) is 0 Å². The van der Waals surface area contributed by atoms with Crippen LogP contribution in [-0.4, -0.2) is 4.98 Å². The van der Waals surface area contributed by atoms with Gasteiger partial charge < -0.3 is 0 Å². The van der Waals surface area contributed by atoms with E-state index in [9.17, 15) is 0 Å². The van der Waals surface area contributed by atoms with Gasteiger partial charge in [-0.2, -0.15) is 0 Å². The van der Waals surface area contributed by atoms with E-state index in [0.29, 0.717) is 0 Å². The predicted molar refractivity (Wildman–Crippen MR) is 59.2 cm³/mol. The zero-order chi connectivity index (χ0) is 9.80. The molecular formula is C13H19N. The molecular weight excluding hydrogens is 170 g/mol. The molecule has 2 unspecified atom stereocenters. The molecule has 1 aliphatic carbocycles. The summed E-state index contributed by atoms with van der Waals surface area (Å²) in [5.41, 5.74) is 1.31. The molecule has 1 fully saturated rings. The van der Waals surface area contributed by atoms with Crippen molar-refractivity contribution in [1.29, 1.82) is 0 Å². The minimum Gasteiger partial charge on any atom is -0.261 e. The Bertz CT molecular complexity index is 268. The maximum absolute atomic E-state index is 4.47. The molecule has 0 aliphatic heterocycles. The third kappa shape index (κ3) is 2.14. The van der Waals surface area contributed by atoms with Crippen LogP contribution in [0.2, 0.25) is 0 Å². The van der Waals surface area contributed by atoms with Crippen LogP contribution in [0.5, 0.6) is 0 Å². The van der Waals surface area contributed by atoms with Crippen LogP contribution in [0.1, 0.15) is 50.6 Å². The van der Waals surface area contributed by atoms with Crippen molar-refractivity contribution >= 4 is 0 Å². The van der Waals surface area contributed by atoms with Crippen LogP contribution in [0, 0.1) is 5.92 Å². The quantitative estimate of drug-likeness (QED) is 0.690. The summed E-state index contributed by atoms with van der Waals surface area (Å²) in [6, 6.07) is 6.30. The largest absolute Gasteiger partial charge is 0.261 e. The molecule has 14 heavy (non-hydrogen) atoms. The van der Waals surface area contributed by atoms with Crippen molar-refractivity contribution in [2.75, 3.05) is 0 Å². The summed E-state index contributed by atoms with van der Waals surface area (Å²) in [6.45, 7) is 2.31. The van der Waals surface area contributed by atoms with Gasteiger partial charge in [0, 0.05) is 17.8 Å². The van der Waals surface area contributed by atoms with Crippen LogP contribution in [0.15, 0.2) is 24.4 Å². The summed E-state index contributed by atoms with van der Waals surface area (Å²) >= 11 is 0. The van der Waals surface area contributed by atoms with Gasteiger partial charge in [0.2, 0.25) is 0 Å². The first-order valence-electron chi connectivity index (χ1n) is 5.81. The van der Waals surface area contributed by atoms with Gasteiger partial charge in [0.1, 0.15) is 0 Å². The van der Waals surface area contributed by atoms with E-state index in [1.54, 1.807) is 0 Å². The summed E-state index contributed by atoms with van der Waals surface area (Å²) in [5, 5.41) is 0. The van der Waals surface area contributed by atoms with Gasteiger partial charge in [-0.3, -0.25) is 4.98 Å². The smallest absolute Gasteiger partial charge is 0.0434 e. The first kappa shape index (κ1) is 9.70. The SMILES string of the molecule is CCC1CCCC(c2ccccn2)C1. The summed E-state index contributed by atoms with van der Waals surface area (Å²) in [4.78, 5) is 4.47. The molecule has 1 heterocycles. The second-order valence-corrected chi connectivity index (χ2v) is 4.39. The molecule has 1 aromatic rings. The molecule has 0 radical (unpaired) electrons. The lowest BCUT2D eigenvalue weighted by Gasteiger charge is -2.27. The zero-order valence-corrected chi connectivity index (χ0v) is 8.95. The number of hydrogen-bond donors (Lipinski definition) is 0. The molecule has 0 aromatic carbocycles. The van der Waals surface area contributed by atoms with Crippen LogP contribution in [0.4, 0.5) is 0 Å². The first-order valence-corrected chi connectivity index (χ1v) is 5.81. The van der Waals surface area contributed by atoms with Gasteiger partial charge in [-0.1, -0.05) is 32.3 Å². The molecule has 1 saturated carbocycles. The highest BCUT2D eigenvalue weighted by Crippen LogP contribution is 2.36. The number of hydrogen-bond acceptors (Lipinski definition) is 1. The topological polar surface area (TPSA) is 12.9 Å². The molecule has 0 N–H and O–H groups in total. The third-order valence-corrected chi connectivity index (χ3v) is 3.47. The van der Waals surface area contributed by atoms with Gasteiger partial charge in [0.05, 0.1) is 0 Å². The molecule has 0 spiro atoms. The van der Waals surface area contributed by atoms with Gasteiger partial charge in [-0.15, -0.1) is 0 Å². The van der Waals surface area contributed by atoms with Gasteiger partial charge in [-0.25, -0.2) is 0 Å². The minimum atomic E-state index is 0.731. The van der Waals surface area contributed by atoms with Crippen LogP contribution < -0.4 is 0 Å². The van der Waals surface area contributed by atoms with Gasteiger partial charge in [-0.05, 0) is 30.9 Å². The Morgan fingerprint density at radius 2 is 2.29 bits per heavy atom. The van der Waals surface area contributed by atoms with E-state index < -0.39 is 0 Å². The zero-order valence-electron chi connectivity index (χ0n) is 8.95. The average Bonchev–Trinajstić information content (AvgIpc) is 2.30. The van der Waals surface area contributed by atoms with Crippen LogP contribution in [0.3, 0.4) is 0 Å². The lowest BCUT2D eigenvalue weighted by molar-refractivity contribution is 0.311. The fraction of sp³-hybridized carbons (Fsp3) is 0.615. The fourth-order valence-electron chi connectivity index (χ4n) is 2.55. The van der Waals surface area contributed by atoms with Crippen molar-refractivity contribution in [2.24, 2.45) is 5.92 Å². The van der Waals surface area contributed by atoms with Crippen molar-refractivity contribution in [1.82, 2.24) is 4.98 Å². The fourth-order valence-corrected chi connectivity index (χ4v) is 2.55. The Hall–Kier alpha value is -0.850. The van der Waals surface area contributed by atoms with Crippen molar-refractivity contribution in [3.8, 4) is 0 Å². The lowest BCUT2D eigenvalue weighted by atomic mass is 9.78. The second-order valence-electron chi connectivity index (χ2n) is 4.39. The molecule has 2 rings (SSSR count). The van der Waals surface area contributed by atoms with E-state index in [4.69, 9.17) is 0 Å². The maximum Gasteiger partial charge on any atom is 0.0434 e. The van der Waals surface area contributed by atoms with Crippen molar-refractivity contribution < 1.29 is 0 Å². The van der Waals surface area contributed by atoms with E-state index in [-0.39, 0.29) is 0 Å². The molecule has 1 aromatic heterocycles. The molecule has 1 heteroatoms. The summed E-state index contributed by atoms with van der Waals surface area (Å²) in [7, 11) is 0. The lowest BCUT2D eigenvalue weighted by Crippen LogP contribution is -2.14. The molecule has 0 amide bonds. The van der Waals surface area contributed by atoms with Gasteiger partial charge in [0.25, 0.3) is 0 Å². The Morgan fingerprint density at radius 3 is 3.00 bits per heavy atom. The first-order chi connectivity index (χ1) is 6.90. The monoisotopic (exact) mass is 189 g/mol. The number of aromatic nitrogens is 1. The molecule has 1 nitrogen and oxygen atoms in total. The van der Waals surface area contributed by atoms with E-state index in [2.05, 4.69) is 24.0 Å². The van der Waals surface area contributed by atoms with E-state index in [1.807, 2.05) is 12.3 Å². The van der Waals surface area contributed by atoms with Crippen molar-refractivity contribution in [2.45, 2.75) is 44.9 Å². The van der Waals surface area contributed by atoms with E-state index in [0.717, 1.165) is 11.8 Å². The average molecular weight is 189 g/mol. The number of rotatable bonds is 2. The molecule has 0 bridgehead atoms. The van der Waals surface area contributed by atoms with Crippen molar-refractivity contribution in [3.05, 3.63) is 30.1 Å². The normalized spacial score (nSPS) is 27.5. The standard InChI is InChI=1S/C13H19N/c1-2-11-6-5-7-12(10-11)13-8-3-4-9-14-13/h3-4,8-9,11-12H,2,5-7,10H2,1H3. The highest BCUT2D eigenvalue weighted by atomic mass is 14.7. The summed E-state index contributed by atoms with van der Waals surface area (Å²) < 4.78 is 0. The third-order valence-electron chi connectivity index (χ3n) is 3.47. The minimum absolute atomic E-state index is 0.731. The number of nitrogens with zero attached hydrogens (tertiary/aromatic N) is 1.